The predicted molar refractivity (Wildman–Crippen MR) is 76.8 cm³/mol. The maximum atomic E-state index is 12.1. The molecule has 112 valence electrons. The molecule has 3 aliphatic rings. The summed E-state index contributed by atoms with van der Waals surface area (Å²) in [6.45, 7) is 8.72. The Bertz CT molecular complexity index is 425. The molecular weight excluding hydrogens is 256 g/mol. The molecule has 2 heterocycles. The number of guanidine groups is 1. The number of carbonyl (C=O) groups is 1. The molecule has 6 heteroatoms. The molecule has 3 rings (SSSR count). The molecule has 1 saturated heterocycles. The normalized spacial score (nSPS) is 26.1. The first-order valence-electron chi connectivity index (χ1n) is 7.48. The fourth-order valence-electron chi connectivity index (χ4n) is 2.60. The molecule has 0 bridgehead atoms. The molecule has 2 fully saturated rings. The molecule has 1 aliphatic carbocycles. The van der Waals surface area contributed by atoms with Gasteiger partial charge in [0.05, 0.1) is 12.6 Å². The number of nitrogens with zero attached hydrogens (tertiary/aromatic N) is 3. The van der Waals surface area contributed by atoms with Gasteiger partial charge in [-0.3, -0.25) is 4.99 Å². The molecule has 1 saturated carbocycles. The van der Waals surface area contributed by atoms with Crippen molar-refractivity contribution in [1.82, 2.24) is 15.1 Å². The van der Waals surface area contributed by atoms with Crippen LogP contribution in [0.1, 0.15) is 33.6 Å². The van der Waals surface area contributed by atoms with Crippen molar-refractivity contribution >= 4 is 12.1 Å². The van der Waals surface area contributed by atoms with E-state index < -0.39 is 5.60 Å². The molecule has 20 heavy (non-hydrogen) atoms. The summed E-state index contributed by atoms with van der Waals surface area (Å²) in [6.07, 6.45) is 2.30. The Balaban J connectivity index is 1.54. The predicted octanol–water partition coefficient (Wildman–Crippen LogP) is 1.03. The molecule has 1 N–H and O–H groups in total. The van der Waals surface area contributed by atoms with Crippen molar-refractivity contribution in [2.45, 2.75) is 51.3 Å². The Morgan fingerprint density at radius 1 is 1.35 bits per heavy atom. The lowest BCUT2D eigenvalue weighted by Crippen LogP contribution is -2.57. The van der Waals surface area contributed by atoms with Crippen LogP contribution in [0.25, 0.3) is 0 Å². The first kappa shape index (κ1) is 13.5. The molecule has 1 amide bonds. The zero-order valence-corrected chi connectivity index (χ0v) is 12.6. The van der Waals surface area contributed by atoms with Crippen LogP contribution < -0.4 is 5.32 Å². The number of nitrogens with one attached hydrogen (secondary N) is 1. The smallest absolute Gasteiger partial charge is 0.410 e. The van der Waals surface area contributed by atoms with E-state index in [1.165, 1.54) is 12.8 Å². The second-order valence-electron chi connectivity index (χ2n) is 6.86. The van der Waals surface area contributed by atoms with Gasteiger partial charge in [0.15, 0.2) is 5.96 Å². The lowest BCUT2D eigenvalue weighted by atomic mass is 10.2. The van der Waals surface area contributed by atoms with Crippen LogP contribution >= 0.6 is 0 Å². The summed E-state index contributed by atoms with van der Waals surface area (Å²) in [5.41, 5.74) is -0.431. The SMILES string of the molecule is CC(C)(C)OC(=O)N1CCN2C(NC3CC3)=NCC2C1. The summed E-state index contributed by atoms with van der Waals surface area (Å²) in [4.78, 5) is 20.8. The fraction of sp³-hybridized carbons (Fsp3) is 0.857. The zero-order chi connectivity index (χ0) is 14.3. The van der Waals surface area contributed by atoms with Crippen molar-refractivity contribution in [3.8, 4) is 0 Å². The molecule has 0 aromatic heterocycles. The summed E-state index contributed by atoms with van der Waals surface area (Å²) in [7, 11) is 0. The number of fused-ring (bicyclic) bond motifs is 1. The van der Waals surface area contributed by atoms with Crippen LogP contribution in [-0.4, -0.2) is 65.7 Å². The van der Waals surface area contributed by atoms with Gasteiger partial charge in [-0.05, 0) is 33.6 Å². The average molecular weight is 280 g/mol. The number of aliphatic imine (C=N–C) groups is 1. The molecule has 1 unspecified atom stereocenters. The zero-order valence-electron chi connectivity index (χ0n) is 12.6. The van der Waals surface area contributed by atoms with Gasteiger partial charge in [0.1, 0.15) is 5.60 Å². The van der Waals surface area contributed by atoms with Gasteiger partial charge in [0, 0.05) is 25.7 Å². The maximum absolute atomic E-state index is 12.1. The molecule has 2 aliphatic heterocycles. The standard InChI is InChI=1S/C14H24N4O2/c1-14(2,3)20-13(19)17-6-7-18-11(9-17)8-15-12(18)16-10-4-5-10/h10-11H,4-9H2,1-3H3,(H,15,16). The minimum Gasteiger partial charge on any atom is -0.444 e. The minimum atomic E-state index is -0.431. The van der Waals surface area contributed by atoms with Crippen LogP contribution in [0, 0.1) is 0 Å². The van der Waals surface area contributed by atoms with Gasteiger partial charge < -0.3 is 19.9 Å². The monoisotopic (exact) mass is 280 g/mol. The Morgan fingerprint density at radius 3 is 2.75 bits per heavy atom. The average Bonchev–Trinajstić information content (AvgIpc) is 3.07. The van der Waals surface area contributed by atoms with Crippen molar-refractivity contribution < 1.29 is 9.53 Å². The molecule has 6 nitrogen and oxygen atoms in total. The van der Waals surface area contributed by atoms with Crippen LogP contribution in [0.5, 0.6) is 0 Å². The van der Waals surface area contributed by atoms with Crippen molar-refractivity contribution in [2.75, 3.05) is 26.2 Å². The highest BCUT2D eigenvalue weighted by Crippen LogP contribution is 2.23. The van der Waals surface area contributed by atoms with Crippen LogP contribution in [0.2, 0.25) is 0 Å². The van der Waals surface area contributed by atoms with Gasteiger partial charge in [0.2, 0.25) is 0 Å². The van der Waals surface area contributed by atoms with E-state index >= 15 is 0 Å². The van der Waals surface area contributed by atoms with E-state index in [9.17, 15) is 4.79 Å². The highest BCUT2D eigenvalue weighted by atomic mass is 16.6. The summed E-state index contributed by atoms with van der Waals surface area (Å²) < 4.78 is 5.44. The third-order valence-electron chi connectivity index (χ3n) is 3.77. The summed E-state index contributed by atoms with van der Waals surface area (Å²) in [6, 6.07) is 0.925. The van der Waals surface area contributed by atoms with Gasteiger partial charge in [-0.15, -0.1) is 0 Å². The number of amides is 1. The topological polar surface area (TPSA) is 57.2 Å². The first-order valence-corrected chi connectivity index (χ1v) is 7.48. The van der Waals surface area contributed by atoms with Crippen LogP contribution in [0.3, 0.4) is 0 Å². The van der Waals surface area contributed by atoms with Crippen molar-refractivity contribution in [1.29, 1.82) is 0 Å². The Labute approximate surface area is 120 Å². The first-order chi connectivity index (χ1) is 9.42. The summed E-state index contributed by atoms with van der Waals surface area (Å²) >= 11 is 0. The third-order valence-corrected chi connectivity index (χ3v) is 3.77. The largest absolute Gasteiger partial charge is 0.444 e. The molecule has 0 radical (unpaired) electrons. The van der Waals surface area contributed by atoms with E-state index in [-0.39, 0.29) is 6.09 Å². The highest BCUT2D eigenvalue weighted by Gasteiger charge is 2.37. The lowest BCUT2D eigenvalue weighted by molar-refractivity contribution is 0.0137. The maximum Gasteiger partial charge on any atom is 0.410 e. The third kappa shape index (κ3) is 2.99. The summed E-state index contributed by atoms with van der Waals surface area (Å²) in [5.74, 6) is 1.03. The van der Waals surface area contributed by atoms with E-state index in [0.29, 0.717) is 25.2 Å². The lowest BCUT2D eigenvalue weighted by Gasteiger charge is -2.39. The summed E-state index contributed by atoms with van der Waals surface area (Å²) in [5, 5.41) is 3.48. The second-order valence-corrected chi connectivity index (χ2v) is 6.86. The van der Waals surface area contributed by atoms with Gasteiger partial charge in [-0.2, -0.15) is 0 Å². The molecule has 1 atom stereocenters. The van der Waals surface area contributed by atoms with E-state index in [1.54, 1.807) is 0 Å². The highest BCUT2D eigenvalue weighted by molar-refractivity contribution is 5.83. The second kappa shape index (κ2) is 4.82. The van der Waals surface area contributed by atoms with Gasteiger partial charge in [0.25, 0.3) is 0 Å². The van der Waals surface area contributed by atoms with Crippen LogP contribution in [0.4, 0.5) is 4.79 Å². The minimum absolute atomic E-state index is 0.208. The van der Waals surface area contributed by atoms with E-state index in [1.807, 2.05) is 25.7 Å². The number of hydrogen-bond donors (Lipinski definition) is 1. The fourth-order valence-corrected chi connectivity index (χ4v) is 2.60. The van der Waals surface area contributed by atoms with Crippen LogP contribution in [0.15, 0.2) is 4.99 Å². The van der Waals surface area contributed by atoms with Crippen LogP contribution in [-0.2, 0) is 4.74 Å². The number of hydrogen-bond acceptors (Lipinski definition) is 5. The van der Waals surface area contributed by atoms with Gasteiger partial charge >= 0.3 is 6.09 Å². The van der Waals surface area contributed by atoms with E-state index in [2.05, 4.69) is 15.2 Å². The molecule has 0 aromatic rings. The van der Waals surface area contributed by atoms with Gasteiger partial charge in [-0.1, -0.05) is 0 Å². The molecule has 0 aromatic carbocycles. The van der Waals surface area contributed by atoms with Gasteiger partial charge in [-0.25, -0.2) is 4.79 Å². The Hall–Kier alpha value is -1.46. The number of piperazine rings is 1. The number of ether oxygens (including phenoxy) is 1. The van der Waals surface area contributed by atoms with Crippen molar-refractivity contribution in [3.63, 3.8) is 0 Å². The van der Waals surface area contributed by atoms with Crippen molar-refractivity contribution in [2.24, 2.45) is 4.99 Å². The van der Waals surface area contributed by atoms with E-state index in [0.717, 1.165) is 19.0 Å². The van der Waals surface area contributed by atoms with E-state index in [4.69, 9.17) is 4.74 Å². The van der Waals surface area contributed by atoms with Crippen molar-refractivity contribution in [3.05, 3.63) is 0 Å². The quantitative estimate of drug-likeness (QED) is 0.779. The number of carbonyl (C=O) groups excluding carboxylic acids is 1. The Kier molecular flexibility index (Phi) is 3.26. The Morgan fingerprint density at radius 2 is 2.10 bits per heavy atom. The molecular formula is C14H24N4O2. The molecule has 0 spiro atoms. The number of rotatable bonds is 1.